The fourth-order valence-corrected chi connectivity index (χ4v) is 4.34. The normalized spacial score (nSPS) is 27.0. The Morgan fingerprint density at radius 1 is 1.19 bits per heavy atom. The molecule has 0 bridgehead atoms. The van der Waals surface area contributed by atoms with Crippen LogP contribution in [0.2, 0.25) is 0 Å². The Bertz CT molecular complexity index is 624. The number of rotatable bonds is 5. The molecule has 27 heavy (non-hydrogen) atoms. The fourth-order valence-electron chi connectivity index (χ4n) is 4.34. The number of hydrogen-bond acceptors (Lipinski definition) is 4. The molecular weight excluding hydrogens is 359 g/mol. The van der Waals surface area contributed by atoms with Gasteiger partial charge < -0.3 is 9.32 Å². The lowest BCUT2D eigenvalue weighted by Crippen LogP contribution is -2.43. The molecule has 2 heterocycles. The number of amides is 1. The Kier molecular flexibility index (Phi) is 6.42. The van der Waals surface area contributed by atoms with Gasteiger partial charge in [-0.1, -0.05) is 26.2 Å². The van der Waals surface area contributed by atoms with E-state index >= 15 is 0 Å². The van der Waals surface area contributed by atoms with Crippen LogP contribution in [0.3, 0.4) is 0 Å². The Morgan fingerprint density at radius 3 is 2.56 bits per heavy atom. The van der Waals surface area contributed by atoms with Crippen LogP contribution in [-0.2, 0) is 11.0 Å². The molecule has 8 heteroatoms. The Balaban J connectivity index is 1.55. The van der Waals surface area contributed by atoms with Gasteiger partial charge >= 0.3 is 12.1 Å². The first-order valence-corrected chi connectivity index (χ1v) is 10.1. The molecule has 1 saturated carbocycles. The molecule has 1 atom stereocenters. The summed E-state index contributed by atoms with van der Waals surface area (Å²) >= 11 is 0. The van der Waals surface area contributed by atoms with Crippen LogP contribution >= 0.6 is 0 Å². The molecule has 2 fully saturated rings. The first-order chi connectivity index (χ1) is 12.9. The summed E-state index contributed by atoms with van der Waals surface area (Å²) in [6, 6.07) is 0. The van der Waals surface area contributed by atoms with E-state index in [1.807, 2.05) is 0 Å². The number of unbranched alkanes of at least 4 members (excludes halogenated alkanes) is 1. The second-order valence-electron chi connectivity index (χ2n) is 7.93. The van der Waals surface area contributed by atoms with Crippen LogP contribution in [0.15, 0.2) is 4.42 Å². The van der Waals surface area contributed by atoms with E-state index in [1.54, 1.807) is 4.90 Å². The second-order valence-corrected chi connectivity index (χ2v) is 7.93. The largest absolute Gasteiger partial charge is 0.470 e. The third-order valence-corrected chi connectivity index (χ3v) is 5.93. The van der Waals surface area contributed by atoms with E-state index in [0.717, 1.165) is 38.0 Å². The van der Waals surface area contributed by atoms with E-state index in [0.29, 0.717) is 19.5 Å². The van der Waals surface area contributed by atoms with E-state index < -0.39 is 12.1 Å². The standard InChI is InChI=1S/C19H28F3N3O2/c1-2-3-5-13-7-9-14(10-8-13)17(26)25-11-4-6-15(12-25)16-23-24-18(27-16)19(20,21)22/h13-15H,2-12H2,1H3. The molecule has 0 aromatic carbocycles. The molecule has 1 aromatic heterocycles. The third kappa shape index (κ3) is 5.02. The van der Waals surface area contributed by atoms with Gasteiger partial charge in [0.2, 0.25) is 11.8 Å². The first-order valence-electron chi connectivity index (χ1n) is 10.1. The molecule has 0 radical (unpaired) electrons. The molecule has 1 amide bonds. The summed E-state index contributed by atoms with van der Waals surface area (Å²) in [5.41, 5.74) is 0. The number of carbonyl (C=O) groups is 1. The van der Waals surface area contributed by atoms with Crippen LogP contribution in [0.25, 0.3) is 0 Å². The number of likely N-dealkylation sites (tertiary alicyclic amines) is 1. The zero-order chi connectivity index (χ0) is 19.4. The van der Waals surface area contributed by atoms with Crippen LogP contribution in [0.1, 0.15) is 82.4 Å². The molecule has 1 aromatic rings. The molecule has 0 N–H and O–H groups in total. The summed E-state index contributed by atoms with van der Waals surface area (Å²) < 4.78 is 42.8. The monoisotopic (exact) mass is 387 g/mol. The van der Waals surface area contributed by atoms with Gasteiger partial charge in [0.25, 0.3) is 0 Å². The van der Waals surface area contributed by atoms with Crippen LogP contribution in [0.4, 0.5) is 13.2 Å². The van der Waals surface area contributed by atoms with Gasteiger partial charge in [0.1, 0.15) is 0 Å². The maximum atomic E-state index is 12.9. The topological polar surface area (TPSA) is 59.2 Å². The quantitative estimate of drug-likeness (QED) is 0.729. The number of alkyl halides is 3. The molecule has 1 unspecified atom stereocenters. The minimum atomic E-state index is -4.63. The molecule has 5 nitrogen and oxygen atoms in total. The predicted octanol–water partition coefficient (Wildman–Crippen LogP) is 4.79. The molecule has 1 aliphatic carbocycles. The van der Waals surface area contributed by atoms with Crippen molar-refractivity contribution in [3.8, 4) is 0 Å². The van der Waals surface area contributed by atoms with Crippen LogP contribution < -0.4 is 0 Å². The lowest BCUT2D eigenvalue weighted by molar-refractivity contribution is -0.158. The van der Waals surface area contributed by atoms with Crippen molar-refractivity contribution in [2.24, 2.45) is 11.8 Å². The van der Waals surface area contributed by atoms with Crippen LogP contribution in [0, 0.1) is 11.8 Å². The summed E-state index contributed by atoms with van der Waals surface area (Å²) in [5.74, 6) is -0.705. The highest BCUT2D eigenvalue weighted by Gasteiger charge is 2.40. The highest BCUT2D eigenvalue weighted by atomic mass is 19.4. The number of halogens is 3. The summed E-state index contributed by atoms with van der Waals surface area (Å²) in [6.07, 6.45) is 4.53. The van der Waals surface area contributed by atoms with Gasteiger partial charge in [0.05, 0.1) is 5.92 Å². The molecule has 152 valence electrons. The summed E-state index contributed by atoms with van der Waals surface area (Å²) in [7, 11) is 0. The maximum absolute atomic E-state index is 12.9. The van der Waals surface area contributed by atoms with Crippen LogP contribution in [-0.4, -0.2) is 34.1 Å². The number of hydrogen-bond donors (Lipinski definition) is 0. The predicted molar refractivity (Wildman–Crippen MR) is 92.8 cm³/mol. The lowest BCUT2D eigenvalue weighted by Gasteiger charge is -2.36. The summed E-state index contributed by atoms with van der Waals surface area (Å²) in [6.45, 7) is 3.22. The summed E-state index contributed by atoms with van der Waals surface area (Å²) in [5, 5.41) is 6.69. The Morgan fingerprint density at radius 2 is 1.93 bits per heavy atom. The van der Waals surface area contributed by atoms with Crippen molar-refractivity contribution in [3.05, 3.63) is 11.8 Å². The highest BCUT2D eigenvalue weighted by molar-refractivity contribution is 5.79. The van der Waals surface area contributed by atoms with E-state index in [4.69, 9.17) is 4.42 Å². The van der Waals surface area contributed by atoms with E-state index in [2.05, 4.69) is 17.1 Å². The van der Waals surface area contributed by atoms with Gasteiger partial charge in [-0.2, -0.15) is 13.2 Å². The SMILES string of the molecule is CCCCC1CCC(C(=O)N2CCCC(c3nnc(C(F)(F)F)o3)C2)CC1. The van der Waals surface area contributed by atoms with Gasteiger partial charge in [-0.15, -0.1) is 10.2 Å². The molecule has 1 aliphatic heterocycles. The van der Waals surface area contributed by atoms with Crippen molar-refractivity contribution in [1.29, 1.82) is 0 Å². The van der Waals surface area contributed by atoms with Gasteiger partial charge in [-0.05, 0) is 44.4 Å². The second kappa shape index (κ2) is 8.61. The molecule has 3 rings (SSSR count). The Labute approximate surface area is 157 Å². The molecule has 0 spiro atoms. The van der Waals surface area contributed by atoms with Gasteiger partial charge in [0, 0.05) is 19.0 Å². The van der Waals surface area contributed by atoms with Gasteiger partial charge in [-0.3, -0.25) is 4.79 Å². The number of piperidine rings is 1. The van der Waals surface area contributed by atoms with E-state index in [9.17, 15) is 18.0 Å². The van der Waals surface area contributed by atoms with Crippen molar-refractivity contribution >= 4 is 5.91 Å². The van der Waals surface area contributed by atoms with Crippen molar-refractivity contribution in [3.63, 3.8) is 0 Å². The highest BCUT2D eigenvalue weighted by Crippen LogP contribution is 2.35. The zero-order valence-corrected chi connectivity index (χ0v) is 15.8. The van der Waals surface area contributed by atoms with Crippen molar-refractivity contribution in [2.75, 3.05) is 13.1 Å². The van der Waals surface area contributed by atoms with E-state index in [-0.39, 0.29) is 23.6 Å². The maximum Gasteiger partial charge on any atom is 0.470 e. The van der Waals surface area contributed by atoms with E-state index in [1.165, 1.54) is 19.3 Å². The zero-order valence-electron chi connectivity index (χ0n) is 15.8. The summed E-state index contributed by atoms with van der Waals surface area (Å²) in [4.78, 5) is 14.7. The minimum Gasteiger partial charge on any atom is -0.417 e. The van der Waals surface area contributed by atoms with Crippen molar-refractivity contribution in [2.45, 2.75) is 76.8 Å². The number of aromatic nitrogens is 2. The van der Waals surface area contributed by atoms with Gasteiger partial charge in [0.15, 0.2) is 0 Å². The van der Waals surface area contributed by atoms with Crippen molar-refractivity contribution in [1.82, 2.24) is 15.1 Å². The first kappa shape index (κ1) is 20.1. The smallest absolute Gasteiger partial charge is 0.417 e. The Hall–Kier alpha value is -1.60. The molecule has 2 aliphatic rings. The third-order valence-electron chi connectivity index (χ3n) is 5.93. The fraction of sp³-hybridized carbons (Fsp3) is 0.842. The molecular formula is C19H28F3N3O2. The molecule has 1 saturated heterocycles. The number of nitrogens with zero attached hydrogens (tertiary/aromatic N) is 3. The lowest BCUT2D eigenvalue weighted by atomic mass is 9.79. The van der Waals surface area contributed by atoms with Crippen LogP contribution in [0.5, 0.6) is 0 Å². The van der Waals surface area contributed by atoms with Crippen molar-refractivity contribution < 1.29 is 22.4 Å². The average Bonchev–Trinajstić information content (AvgIpc) is 3.17. The average molecular weight is 387 g/mol. The number of carbonyl (C=O) groups excluding carboxylic acids is 1. The minimum absolute atomic E-state index is 0.0110. The van der Waals surface area contributed by atoms with Gasteiger partial charge in [-0.25, -0.2) is 0 Å².